The van der Waals surface area contributed by atoms with E-state index in [0.717, 1.165) is 15.6 Å². The molecule has 0 saturated carbocycles. The highest BCUT2D eigenvalue weighted by molar-refractivity contribution is 9.10. The van der Waals surface area contributed by atoms with Crippen LogP contribution in [-0.2, 0) is 19.6 Å². The van der Waals surface area contributed by atoms with E-state index in [2.05, 4.69) is 21.2 Å². The number of rotatable bonds is 8. The molecule has 0 spiro atoms. The highest BCUT2D eigenvalue weighted by Gasteiger charge is 2.30. The maximum atomic E-state index is 13.7. The fourth-order valence-electron chi connectivity index (χ4n) is 4.78. The lowest BCUT2D eigenvalue weighted by atomic mass is 9.95. The van der Waals surface area contributed by atoms with Gasteiger partial charge in [0.2, 0.25) is 11.8 Å². The van der Waals surface area contributed by atoms with E-state index in [4.69, 9.17) is 11.6 Å². The van der Waals surface area contributed by atoms with Gasteiger partial charge >= 0.3 is 0 Å². The van der Waals surface area contributed by atoms with Crippen molar-refractivity contribution in [2.24, 2.45) is 5.92 Å². The van der Waals surface area contributed by atoms with Crippen molar-refractivity contribution >= 4 is 60.7 Å². The van der Waals surface area contributed by atoms with Crippen molar-refractivity contribution in [1.82, 2.24) is 4.90 Å². The van der Waals surface area contributed by atoms with Crippen molar-refractivity contribution in [3.63, 3.8) is 0 Å². The zero-order valence-corrected chi connectivity index (χ0v) is 25.3. The maximum Gasteiger partial charge on any atom is 0.264 e. The molecular weight excluding hydrogens is 621 g/mol. The lowest BCUT2D eigenvalue weighted by molar-refractivity contribution is -0.134. The number of nitrogens with one attached hydrogen (secondary N) is 1. The summed E-state index contributed by atoms with van der Waals surface area (Å²) in [6.45, 7) is 4.54. The summed E-state index contributed by atoms with van der Waals surface area (Å²) in [7, 11) is -3.93. The molecule has 0 atom stereocenters. The molecule has 1 aliphatic heterocycles. The Morgan fingerprint density at radius 3 is 2.25 bits per heavy atom. The van der Waals surface area contributed by atoms with Crippen LogP contribution in [0.15, 0.2) is 70.0 Å². The average Bonchev–Trinajstić information content (AvgIpc) is 2.90. The van der Waals surface area contributed by atoms with Gasteiger partial charge in [0, 0.05) is 42.1 Å². The molecule has 0 unspecified atom stereocenters. The molecule has 0 bridgehead atoms. The van der Waals surface area contributed by atoms with Gasteiger partial charge in [-0.1, -0.05) is 33.6 Å². The number of carbonyl (C=O) groups excluding carboxylic acids is 2. The Balaban J connectivity index is 1.41. The van der Waals surface area contributed by atoms with Crippen LogP contribution in [0, 0.1) is 25.6 Å². The van der Waals surface area contributed by atoms with Crippen molar-refractivity contribution in [1.29, 1.82) is 0 Å². The van der Waals surface area contributed by atoms with Crippen molar-refractivity contribution in [3.8, 4) is 0 Å². The monoisotopic (exact) mass is 649 g/mol. The summed E-state index contributed by atoms with van der Waals surface area (Å²) in [4.78, 5) is 27.7. The Hall–Kier alpha value is -2.95. The molecule has 1 fully saturated rings. The maximum absolute atomic E-state index is 13.7. The van der Waals surface area contributed by atoms with Crippen LogP contribution < -0.4 is 9.62 Å². The number of carbonyl (C=O) groups is 2. The summed E-state index contributed by atoms with van der Waals surface area (Å²) >= 11 is 9.14. The van der Waals surface area contributed by atoms with Crippen LogP contribution in [0.25, 0.3) is 0 Å². The first-order valence-corrected chi connectivity index (χ1v) is 15.5. The largest absolute Gasteiger partial charge is 0.343 e. The van der Waals surface area contributed by atoms with Gasteiger partial charge in [-0.2, -0.15) is 0 Å². The van der Waals surface area contributed by atoms with Gasteiger partial charge in [0.15, 0.2) is 0 Å². The number of sulfonamides is 1. The van der Waals surface area contributed by atoms with E-state index in [9.17, 15) is 22.4 Å². The Bertz CT molecular complexity index is 1490. The summed E-state index contributed by atoms with van der Waals surface area (Å²) < 4.78 is 42.8. The summed E-state index contributed by atoms with van der Waals surface area (Å²) in [6.07, 6.45) is 0.919. The first kappa shape index (κ1) is 30.0. The molecule has 0 aliphatic carbocycles. The van der Waals surface area contributed by atoms with Crippen LogP contribution in [0.3, 0.4) is 0 Å². The van der Waals surface area contributed by atoms with Gasteiger partial charge in [0.05, 0.1) is 15.6 Å². The third-order valence-electron chi connectivity index (χ3n) is 6.83. The number of piperidine rings is 1. The van der Waals surface area contributed by atoms with Gasteiger partial charge in [0.1, 0.15) is 5.82 Å². The van der Waals surface area contributed by atoms with Gasteiger partial charge in [-0.05, 0) is 92.4 Å². The number of amides is 2. The number of hydrogen-bond donors (Lipinski definition) is 1. The van der Waals surface area contributed by atoms with Crippen LogP contribution >= 0.6 is 27.5 Å². The van der Waals surface area contributed by atoms with E-state index in [1.165, 1.54) is 34.6 Å². The zero-order valence-electron chi connectivity index (χ0n) is 22.2. The molecule has 1 saturated heterocycles. The molecule has 40 heavy (non-hydrogen) atoms. The average molecular weight is 651 g/mol. The summed E-state index contributed by atoms with van der Waals surface area (Å²) in [6, 6.07) is 16.0. The SMILES string of the molecule is Cc1cc(C)cc(N(CCC(=O)N2CCC(C(=O)Nc3ccc(F)c(Cl)c3)CC2)S(=O)(=O)c2ccc(Br)cc2)c1. The summed E-state index contributed by atoms with van der Waals surface area (Å²) in [5, 5.41) is 2.68. The smallest absolute Gasteiger partial charge is 0.264 e. The molecule has 212 valence electrons. The van der Waals surface area contributed by atoms with Crippen LogP contribution in [0.4, 0.5) is 15.8 Å². The molecule has 1 aliphatic rings. The van der Waals surface area contributed by atoms with E-state index >= 15 is 0 Å². The highest BCUT2D eigenvalue weighted by Crippen LogP contribution is 2.28. The molecule has 4 rings (SSSR count). The van der Waals surface area contributed by atoms with Gasteiger partial charge in [-0.15, -0.1) is 0 Å². The number of aryl methyl sites for hydroxylation is 2. The number of benzene rings is 3. The number of hydrogen-bond acceptors (Lipinski definition) is 4. The Morgan fingerprint density at radius 1 is 1.02 bits per heavy atom. The van der Waals surface area contributed by atoms with Gasteiger partial charge in [-0.25, -0.2) is 12.8 Å². The lowest BCUT2D eigenvalue weighted by Crippen LogP contribution is -2.43. The van der Waals surface area contributed by atoms with Crippen LogP contribution in [0.5, 0.6) is 0 Å². The van der Waals surface area contributed by atoms with Crippen molar-refractivity contribution in [3.05, 3.63) is 87.1 Å². The van der Waals surface area contributed by atoms with Gasteiger partial charge < -0.3 is 10.2 Å². The predicted octanol–water partition coefficient (Wildman–Crippen LogP) is 6.32. The molecule has 1 heterocycles. The van der Waals surface area contributed by atoms with E-state index in [-0.39, 0.29) is 40.6 Å². The molecule has 0 aromatic heterocycles. The van der Waals surface area contributed by atoms with Crippen LogP contribution in [0.1, 0.15) is 30.4 Å². The van der Waals surface area contributed by atoms with Crippen molar-refractivity contribution < 1.29 is 22.4 Å². The number of halogens is 3. The minimum atomic E-state index is -3.93. The van der Waals surface area contributed by atoms with E-state index < -0.39 is 15.8 Å². The quantitative estimate of drug-likeness (QED) is 0.309. The second-order valence-corrected chi connectivity index (χ2v) is 13.1. The number of nitrogens with zero attached hydrogens (tertiary/aromatic N) is 2. The zero-order chi connectivity index (χ0) is 29.0. The third kappa shape index (κ3) is 7.21. The lowest BCUT2D eigenvalue weighted by Gasteiger charge is -2.32. The Kier molecular flexibility index (Phi) is 9.53. The Labute approximate surface area is 247 Å². The molecule has 3 aromatic rings. The first-order chi connectivity index (χ1) is 18.9. The molecule has 11 heteroatoms. The summed E-state index contributed by atoms with van der Waals surface area (Å²) in [5.74, 6) is -1.26. The van der Waals surface area contributed by atoms with E-state index in [1.807, 2.05) is 19.9 Å². The fraction of sp³-hybridized carbons (Fsp3) is 0.310. The van der Waals surface area contributed by atoms with Gasteiger partial charge in [0.25, 0.3) is 10.0 Å². The number of likely N-dealkylation sites (tertiary alicyclic amines) is 1. The van der Waals surface area contributed by atoms with Crippen LogP contribution in [-0.4, -0.2) is 44.8 Å². The first-order valence-electron chi connectivity index (χ1n) is 12.8. The van der Waals surface area contributed by atoms with E-state index in [1.54, 1.807) is 29.2 Å². The summed E-state index contributed by atoms with van der Waals surface area (Å²) in [5.41, 5.74) is 2.75. The van der Waals surface area contributed by atoms with E-state index in [0.29, 0.717) is 37.3 Å². The molecular formula is C29H30BrClFN3O4S. The standard InChI is InChI=1S/C29H30BrClFN3O4S/c1-19-15-20(2)17-24(16-19)35(40(38,39)25-6-3-22(30)4-7-25)14-11-28(36)34-12-9-21(10-13-34)29(37)33-23-5-8-27(32)26(31)18-23/h3-8,15-18,21H,9-14H2,1-2H3,(H,33,37). The minimum Gasteiger partial charge on any atom is -0.343 e. The fourth-order valence-corrected chi connectivity index (χ4v) is 6.68. The van der Waals surface area contributed by atoms with Crippen LogP contribution in [0.2, 0.25) is 5.02 Å². The Morgan fingerprint density at radius 2 is 1.65 bits per heavy atom. The number of anilines is 2. The van der Waals surface area contributed by atoms with Gasteiger partial charge in [-0.3, -0.25) is 13.9 Å². The molecule has 0 radical (unpaired) electrons. The second kappa shape index (κ2) is 12.7. The molecule has 3 aromatic carbocycles. The second-order valence-electron chi connectivity index (χ2n) is 9.90. The van der Waals surface area contributed by atoms with Crippen molar-refractivity contribution in [2.45, 2.75) is 38.0 Å². The third-order valence-corrected chi connectivity index (χ3v) is 9.49. The molecule has 2 amide bonds. The topological polar surface area (TPSA) is 86.8 Å². The highest BCUT2D eigenvalue weighted by atomic mass is 79.9. The molecule has 1 N–H and O–H groups in total. The minimum absolute atomic E-state index is 0.00626. The van der Waals surface area contributed by atoms with Crippen molar-refractivity contribution in [2.75, 3.05) is 29.3 Å². The molecule has 7 nitrogen and oxygen atoms in total. The predicted molar refractivity (Wildman–Crippen MR) is 159 cm³/mol. The normalized spacial score (nSPS) is 14.2.